The van der Waals surface area contributed by atoms with E-state index in [4.69, 9.17) is 9.47 Å². The van der Waals surface area contributed by atoms with Crippen molar-refractivity contribution in [2.24, 2.45) is 10.8 Å². The first-order valence-corrected chi connectivity index (χ1v) is 10.1. The van der Waals surface area contributed by atoms with Gasteiger partial charge in [-0.15, -0.1) is 0 Å². The van der Waals surface area contributed by atoms with E-state index < -0.39 is 7.06 Å². The SMILES string of the molecule is CCC(C)(COC)COCC(C)(C)CP(C)(C)(O)O. The van der Waals surface area contributed by atoms with Crippen LogP contribution >= 0.6 is 7.06 Å². The summed E-state index contributed by atoms with van der Waals surface area (Å²) in [4.78, 5) is 20.0. The first kappa shape index (κ1) is 19.3. The fraction of sp³-hybridized carbons (Fsp3) is 1.00. The number of hydrogen-bond donors (Lipinski definition) is 2. The van der Waals surface area contributed by atoms with Crippen molar-refractivity contribution in [3.63, 3.8) is 0 Å². The fourth-order valence-electron chi connectivity index (χ4n) is 2.45. The molecular weight excluding hydrogens is 263 g/mol. The van der Waals surface area contributed by atoms with Gasteiger partial charge in [-0.2, -0.15) is 0 Å². The summed E-state index contributed by atoms with van der Waals surface area (Å²) in [6.45, 7) is 13.2. The Bertz CT molecular complexity index is 274. The molecule has 2 N–H and O–H groups in total. The molecule has 0 heterocycles. The molecule has 0 fully saturated rings. The zero-order valence-electron chi connectivity index (χ0n) is 13.7. The second kappa shape index (κ2) is 6.36. The van der Waals surface area contributed by atoms with Crippen LogP contribution in [-0.2, 0) is 9.47 Å². The van der Waals surface area contributed by atoms with E-state index in [2.05, 4.69) is 13.8 Å². The first-order valence-electron chi connectivity index (χ1n) is 6.86. The molecule has 0 aromatic rings. The number of rotatable bonds is 9. The van der Waals surface area contributed by atoms with Crippen LogP contribution in [0.5, 0.6) is 0 Å². The molecule has 0 aromatic carbocycles. The van der Waals surface area contributed by atoms with Crippen LogP contribution in [0.25, 0.3) is 0 Å². The third kappa shape index (κ3) is 9.75. The quantitative estimate of drug-likeness (QED) is 0.642. The number of methoxy groups -OCH3 is 1. The molecule has 1 atom stereocenters. The maximum absolute atomic E-state index is 10.0. The fourth-order valence-corrected chi connectivity index (χ4v) is 5.02. The molecule has 0 aliphatic rings. The van der Waals surface area contributed by atoms with Gasteiger partial charge in [-0.3, -0.25) is 0 Å². The summed E-state index contributed by atoms with van der Waals surface area (Å²) in [5.74, 6) is 0. The van der Waals surface area contributed by atoms with Gasteiger partial charge in [0.15, 0.2) is 0 Å². The minimum absolute atomic E-state index is 0.0210. The van der Waals surface area contributed by atoms with Crippen LogP contribution in [0.4, 0.5) is 0 Å². The summed E-state index contributed by atoms with van der Waals surface area (Å²) in [6, 6.07) is 0. The van der Waals surface area contributed by atoms with Gasteiger partial charge in [-0.1, -0.05) is 0 Å². The molecule has 0 amide bonds. The maximum atomic E-state index is 10.0. The van der Waals surface area contributed by atoms with Crippen LogP contribution in [-0.4, -0.2) is 56.2 Å². The Morgan fingerprint density at radius 3 is 1.89 bits per heavy atom. The summed E-state index contributed by atoms with van der Waals surface area (Å²) >= 11 is 0. The van der Waals surface area contributed by atoms with Crippen LogP contribution in [0.3, 0.4) is 0 Å². The zero-order valence-corrected chi connectivity index (χ0v) is 14.6. The summed E-state index contributed by atoms with van der Waals surface area (Å²) < 4.78 is 11.0. The van der Waals surface area contributed by atoms with Crippen LogP contribution in [0.15, 0.2) is 0 Å². The third-order valence-corrected chi connectivity index (χ3v) is 4.95. The normalized spacial score (nSPS) is 18.7. The van der Waals surface area contributed by atoms with Gasteiger partial charge in [-0.05, 0) is 0 Å². The summed E-state index contributed by atoms with van der Waals surface area (Å²) in [7, 11) is -1.78. The van der Waals surface area contributed by atoms with Gasteiger partial charge in [0.1, 0.15) is 0 Å². The van der Waals surface area contributed by atoms with Gasteiger partial charge in [-0.25, -0.2) is 0 Å². The first-order chi connectivity index (χ1) is 8.29. The van der Waals surface area contributed by atoms with E-state index in [0.29, 0.717) is 26.0 Å². The molecule has 19 heavy (non-hydrogen) atoms. The molecule has 5 heteroatoms. The van der Waals surface area contributed by atoms with Crippen LogP contribution in [0, 0.1) is 10.8 Å². The summed E-state index contributed by atoms with van der Waals surface area (Å²) in [6.07, 6.45) is 1.37. The second-order valence-corrected chi connectivity index (χ2v) is 12.5. The van der Waals surface area contributed by atoms with Gasteiger partial charge in [0, 0.05) is 0 Å². The molecule has 0 radical (unpaired) electrons. The van der Waals surface area contributed by atoms with E-state index in [1.54, 1.807) is 20.4 Å². The van der Waals surface area contributed by atoms with Gasteiger partial charge in [0.05, 0.1) is 0 Å². The average Bonchev–Trinajstić information content (AvgIpc) is 2.12. The van der Waals surface area contributed by atoms with Crippen molar-refractivity contribution < 1.29 is 19.3 Å². The average molecular weight is 296 g/mol. The Morgan fingerprint density at radius 1 is 1.00 bits per heavy atom. The van der Waals surface area contributed by atoms with Crippen molar-refractivity contribution in [3.8, 4) is 0 Å². The molecule has 0 spiro atoms. The standard InChI is InChI=1S/C14H33O4P/c1-8-14(4,10-17-5)11-18-9-13(2,3)12-19(6,7,15)16/h15-16H,8-12H2,1-7H3. The Labute approximate surface area is 118 Å². The Hall–Kier alpha value is 0.270. The monoisotopic (exact) mass is 296 g/mol. The van der Waals surface area contributed by atoms with E-state index >= 15 is 0 Å². The van der Waals surface area contributed by atoms with Crippen LogP contribution < -0.4 is 0 Å². The predicted molar refractivity (Wildman–Crippen MR) is 82.9 cm³/mol. The van der Waals surface area contributed by atoms with E-state index in [1.807, 2.05) is 13.8 Å². The summed E-state index contributed by atoms with van der Waals surface area (Å²) in [5.41, 5.74) is -0.222. The van der Waals surface area contributed by atoms with Gasteiger partial charge in [0.25, 0.3) is 0 Å². The van der Waals surface area contributed by atoms with E-state index in [9.17, 15) is 9.79 Å². The Kier molecular flexibility index (Phi) is 6.45. The second-order valence-electron chi connectivity index (χ2n) is 7.66. The van der Waals surface area contributed by atoms with Gasteiger partial charge < -0.3 is 0 Å². The molecular formula is C14H33O4P. The topological polar surface area (TPSA) is 58.9 Å². The molecule has 0 aromatic heterocycles. The number of hydrogen-bond acceptors (Lipinski definition) is 4. The molecule has 0 aliphatic heterocycles. The molecule has 1 unspecified atom stereocenters. The molecule has 0 rings (SSSR count). The van der Waals surface area contributed by atoms with Gasteiger partial charge >= 0.3 is 118 Å². The van der Waals surface area contributed by atoms with Gasteiger partial charge in [0.2, 0.25) is 0 Å². The summed E-state index contributed by atoms with van der Waals surface area (Å²) in [5, 5.41) is 0. The minimum atomic E-state index is -3.48. The van der Waals surface area contributed by atoms with Crippen molar-refractivity contribution in [1.29, 1.82) is 0 Å². The Balaban J connectivity index is 4.33. The van der Waals surface area contributed by atoms with E-state index in [0.717, 1.165) is 6.42 Å². The Morgan fingerprint density at radius 2 is 1.53 bits per heavy atom. The number of ether oxygens (including phenoxy) is 2. The molecule has 0 aliphatic carbocycles. The molecule has 0 bridgehead atoms. The third-order valence-electron chi connectivity index (χ3n) is 3.18. The van der Waals surface area contributed by atoms with Crippen molar-refractivity contribution in [2.45, 2.75) is 34.1 Å². The molecule has 118 valence electrons. The van der Waals surface area contributed by atoms with Crippen LogP contribution in [0.2, 0.25) is 0 Å². The van der Waals surface area contributed by atoms with Crippen molar-refractivity contribution in [3.05, 3.63) is 0 Å². The molecule has 0 saturated carbocycles. The molecule has 0 saturated heterocycles. The predicted octanol–water partition coefficient (Wildman–Crippen LogP) is 2.72. The van der Waals surface area contributed by atoms with Crippen molar-refractivity contribution in [2.75, 3.05) is 46.4 Å². The molecule has 4 nitrogen and oxygen atoms in total. The van der Waals surface area contributed by atoms with Crippen molar-refractivity contribution >= 4 is 7.06 Å². The van der Waals surface area contributed by atoms with E-state index in [1.165, 1.54) is 0 Å². The zero-order chi connectivity index (χ0) is 15.4. The van der Waals surface area contributed by atoms with Crippen molar-refractivity contribution in [1.82, 2.24) is 0 Å². The van der Waals surface area contributed by atoms with Crippen LogP contribution in [0.1, 0.15) is 34.1 Å². The van der Waals surface area contributed by atoms with E-state index in [-0.39, 0.29) is 10.8 Å².